The van der Waals surface area contributed by atoms with E-state index in [4.69, 9.17) is 0 Å². The zero-order valence-corrected chi connectivity index (χ0v) is 19.7. The van der Waals surface area contributed by atoms with Crippen LogP contribution in [0.3, 0.4) is 0 Å². The van der Waals surface area contributed by atoms with Crippen molar-refractivity contribution in [3.05, 3.63) is 76.8 Å². The summed E-state index contributed by atoms with van der Waals surface area (Å²) in [4.78, 5) is 31.4. The second-order valence-electron chi connectivity index (χ2n) is 8.49. The van der Waals surface area contributed by atoms with E-state index in [0.717, 1.165) is 5.56 Å². The van der Waals surface area contributed by atoms with Crippen molar-refractivity contribution in [2.45, 2.75) is 51.1 Å². The number of carbonyl (C=O) groups is 2. The van der Waals surface area contributed by atoms with E-state index in [0.29, 0.717) is 29.0 Å². The molecule has 6 nitrogen and oxygen atoms in total. The molecule has 0 bridgehead atoms. The first-order valence-corrected chi connectivity index (χ1v) is 12.4. The summed E-state index contributed by atoms with van der Waals surface area (Å²) in [7, 11) is 2.18. The third-order valence-corrected chi connectivity index (χ3v) is 6.91. The normalized spacial score (nSPS) is 14.0. The van der Waals surface area contributed by atoms with Gasteiger partial charge < -0.3 is 10.2 Å². The monoisotopic (exact) mass is 462 g/mol. The van der Waals surface area contributed by atoms with Crippen molar-refractivity contribution in [2.24, 2.45) is 0 Å². The van der Waals surface area contributed by atoms with Gasteiger partial charge in [-0.2, -0.15) is 0 Å². The maximum absolute atomic E-state index is 12.4. The molecule has 2 aromatic carbocycles. The summed E-state index contributed by atoms with van der Waals surface area (Å²) in [6, 6.07) is 18.0. The van der Waals surface area contributed by atoms with Crippen molar-refractivity contribution < 1.29 is 9.59 Å². The molecule has 1 aliphatic rings. The standard InChI is InChI=1S/C26H30N4O2S/c1-30(22-10-6-3-7-11-22)23-14-12-19(13-15-23)17-27-24(31)16-21-18-33-26(28-21)29-25(32)20-8-4-2-5-9-20/h2,4-5,8-9,12-15,18,22H,3,6-7,10-11,16-17H2,1H3,(H,27,31)(H,28,29,32). The van der Waals surface area contributed by atoms with Crippen LogP contribution in [0, 0.1) is 0 Å². The molecule has 0 radical (unpaired) electrons. The van der Waals surface area contributed by atoms with E-state index >= 15 is 0 Å². The Hall–Kier alpha value is -3.19. The molecule has 1 aromatic heterocycles. The molecule has 1 fully saturated rings. The Balaban J connectivity index is 1.24. The van der Waals surface area contributed by atoms with Crippen LogP contribution in [0.2, 0.25) is 0 Å². The van der Waals surface area contributed by atoms with Gasteiger partial charge in [-0.15, -0.1) is 11.3 Å². The van der Waals surface area contributed by atoms with E-state index in [9.17, 15) is 9.59 Å². The number of benzene rings is 2. The molecule has 0 saturated heterocycles. The number of hydrogen-bond acceptors (Lipinski definition) is 5. The smallest absolute Gasteiger partial charge is 0.257 e. The molecule has 1 heterocycles. The summed E-state index contributed by atoms with van der Waals surface area (Å²) in [5.74, 6) is -0.303. The Morgan fingerprint density at radius 3 is 2.48 bits per heavy atom. The molecule has 1 saturated carbocycles. The minimum atomic E-state index is -0.210. The molecule has 0 unspecified atom stereocenters. The molecule has 2 amide bonds. The van der Waals surface area contributed by atoms with Crippen LogP contribution in [0.25, 0.3) is 0 Å². The molecular formula is C26H30N4O2S. The first-order chi connectivity index (χ1) is 16.1. The van der Waals surface area contributed by atoms with Gasteiger partial charge in [0.15, 0.2) is 5.13 Å². The van der Waals surface area contributed by atoms with Crippen LogP contribution < -0.4 is 15.5 Å². The topological polar surface area (TPSA) is 74.3 Å². The van der Waals surface area contributed by atoms with Crippen LogP contribution in [0.15, 0.2) is 60.0 Å². The van der Waals surface area contributed by atoms with E-state index in [1.165, 1.54) is 49.1 Å². The van der Waals surface area contributed by atoms with E-state index in [-0.39, 0.29) is 18.2 Å². The Morgan fingerprint density at radius 2 is 1.76 bits per heavy atom. The SMILES string of the molecule is CN(c1ccc(CNC(=O)Cc2csc(NC(=O)c3ccccc3)n2)cc1)C1CCCCC1. The molecule has 0 spiro atoms. The number of anilines is 2. The molecule has 7 heteroatoms. The van der Waals surface area contributed by atoms with Crippen molar-refractivity contribution in [2.75, 3.05) is 17.3 Å². The maximum atomic E-state index is 12.4. The fourth-order valence-corrected chi connectivity index (χ4v) is 4.87. The predicted molar refractivity (Wildman–Crippen MR) is 134 cm³/mol. The molecule has 0 atom stereocenters. The summed E-state index contributed by atoms with van der Waals surface area (Å²) in [5, 5.41) is 8.03. The number of amides is 2. The second kappa shape index (κ2) is 11.1. The molecular weight excluding hydrogens is 432 g/mol. The highest BCUT2D eigenvalue weighted by atomic mass is 32.1. The number of aromatic nitrogens is 1. The average Bonchev–Trinajstić information content (AvgIpc) is 3.30. The van der Waals surface area contributed by atoms with Gasteiger partial charge in [-0.3, -0.25) is 14.9 Å². The molecule has 2 N–H and O–H groups in total. The molecule has 33 heavy (non-hydrogen) atoms. The maximum Gasteiger partial charge on any atom is 0.257 e. The van der Waals surface area contributed by atoms with E-state index in [2.05, 4.69) is 51.8 Å². The van der Waals surface area contributed by atoms with Gasteiger partial charge in [0.05, 0.1) is 12.1 Å². The van der Waals surface area contributed by atoms with Crippen LogP contribution in [-0.4, -0.2) is 29.9 Å². The summed E-state index contributed by atoms with van der Waals surface area (Å²) >= 11 is 1.32. The van der Waals surface area contributed by atoms with Gasteiger partial charge in [0, 0.05) is 36.3 Å². The Bertz CT molecular complexity index is 1060. The van der Waals surface area contributed by atoms with Gasteiger partial charge in [0.25, 0.3) is 5.91 Å². The third kappa shape index (κ3) is 6.42. The minimum absolute atomic E-state index is 0.0929. The lowest BCUT2D eigenvalue weighted by molar-refractivity contribution is -0.120. The number of thiazole rings is 1. The summed E-state index contributed by atoms with van der Waals surface area (Å²) in [6.45, 7) is 0.480. The number of carbonyl (C=O) groups excluding carboxylic acids is 2. The molecule has 0 aliphatic heterocycles. The number of nitrogens with one attached hydrogen (secondary N) is 2. The highest BCUT2D eigenvalue weighted by Crippen LogP contribution is 2.26. The van der Waals surface area contributed by atoms with Gasteiger partial charge >= 0.3 is 0 Å². The minimum Gasteiger partial charge on any atom is -0.372 e. The number of hydrogen-bond donors (Lipinski definition) is 2. The highest BCUT2D eigenvalue weighted by molar-refractivity contribution is 7.14. The van der Waals surface area contributed by atoms with Gasteiger partial charge in [-0.1, -0.05) is 49.6 Å². The Kier molecular flexibility index (Phi) is 7.73. The van der Waals surface area contributed by atoms with E-state index in [1.54, 1.807) is 17.5 Å². The average molecular weight is 463 g/mol. The van der Waals surface area contributed by atoms with Crippen molar-refractivity contribution in [1.82, 2.24) is 10.3 Å². The second-order valence-corrected chi connectivity index (χ2v) is 9.34. The largest absolute Gasteiger partial charge is 0.372 e. The van der Waals surface area contributed by atoms with Gasteiger partial charge in [-0.05, 0) is 42.7 Å². The lowest BCUT2D eigenvalue weighted by Crippen LogP contribution is -2.33. The van der Waals surface area contributed by atoms with Crippen LogP contribution in [0.4, 0.5) is 10.8 Å². The summed E-state index contributed by atoms with van der Waals surface area (Å²) in [5.41, 5.74) is 3.51. The fraction of sp³-hybridized carbons (Fsp3) is 0.346. The van der Waals surface area contributed by atoms with Crippen LogP contribution >= 0.6 is 11.3 Å². The molecule has 3 aromatic rings. The first-order valence-electron chi connectivity index (χ1n) is 11.5. The third-order valence-electron chi connectivity index (χ3n) is 6.11. The molecule has 4 rings (SSSR count). The van der Waals surface area contributed by atoms with Gasteiger partial charge in [0.1, 0.15) is 0 Å². The van der Waals surface area contributed by atoms with Crippen molar-refractivity contribution >= 4 is 34.0 Å². The molecule has 172 valence electrons. The zero-order chi connectivity index (χ0) is 23.0. The number of nitrogens with zero attached hydrogens (tertiary/aromatic N) is 2. The van der Waals surface area contributed by atoms with Gasteiger partial charge in [-0.25, -0.2) is 4.98 Å². The quantitative estimate of drug-likeness (QED) is 0.493. The van der Waals surface area contributed by atoms with Gasteiger partial charge in [0.2, 0.25) is 5.91 Å². The summed E-state index contributed by atoms with van der Waals surface area (Å²) in [6.07, 6.45) is 6.71. The highest BCUT2D eigenvalue weighted by Gasteiger charge is 2.18. The fourth-order valence-electron chi connectivity index (χ4n) is 4.16. The Labute approximate surface area is 199 Å². The predicted octanol–water partition coefficient (Wildman–Crippen LogP) is 5.02. The number of rotatable bonds is 8. The van der Waals surface area contributed by atoms with Crippen LogP contribution in [0.5, 0.6) is 0 Å². The van der Waals surface area contributed by atoms with Crippen molar-refractivity contribution in [3.8, 4) is 0 Å². The lowest BCUT2D eigenvalue weighted by Gasteiger charge is -2.33. The Morgan fingerprint density at radius 1 is 1.03 bits per heavy atom. The van der Waals surface area contributed by atoms with E-state index in [1.807, 2.05) is 18.2 Å². The molecule has 1 aliphatic carbocycles. The van der Waals surface area contributed by atoms with Crippen molar-refractivity contribution in [3.63, 3.8) is 0 Å². The zero-order valence-electron chi connectivity index (χ0n) is 18.9. The van der Waals surface area contributed by atoms with E-state index < -0.39 is 0 Å². The van der Waals surface area contributed by atoms with Crippen LogP contribution in [0.1, 0.15) is 53.7 Å². The summed E-state index contributed by atoms with van der Waals surface area (Å²) < 4.78 is 0. The van der Waals surface area contributed by atoms with Crippen molar-refractivity contribution in [1.29, 1.82) is 0 Å². The first kappa shape index (κ1) is 23.0. The lowest BCUT2D eigenvalue weighted by atomic mass is 9.94. The van der Waals surface area contributed by atoms with Crippen LogP contribution in [-0.2, 0) is 17.8 Å².